The van der Waals surface area contributed by atoms with Gasteiger partial charge in [-0.3, -0.25) is 4.79 Å². The van der Waals surface area contributed by atoms with Crippen molar-refractivity contribution in [1.29, 1.82) is 0 Å². The lowest BCUT2D eigenvalue weighted by atomic mass is 9.98. The first kappa shape index (κ1) is 21.4. The SMILES string of the molecule is CCCC[N+]1(Cc2ccc(-c3ccccc3C(=O)O)cc2)C=NC(CO)=C1C(N)=O. The highest BCUT2D eigenvalue weighted by Crippen LogP contribution is 2.31. The van der Waals surface area contributed by atoms with Crippen molar-refractivity contribution in [3.8, 4) is 11.1 Å². The molecule has 7 heteroatoms. The summed E-state index contributed by atoms with van der Waals surface area (Å²) in [5, 5.41) is 19.0. The fraction of sp³-hybridized carbons (Fsp3) is 0.261. The first-order valence-corrected chi connectivity index (χ1v) is 9.90. The molecule has 0 aromatic heterocycles. The van der Waals surface area contributed by atoms with Gasteiger partial charge in [0, 0.05) is 5.56 Å². The molecule has 156 valence electrons. The number of hydrogen-bond donors (Lipinski definition) is 3. The zero-order valence-corrected chi connectivity index (χ0v) is 16.9. The molecule has 4 N–H and O–H groups in total. The molecule has 0 fully saturated rings. The molecule has 1 unspecified atom stereocenters. The van der Waals surface area contributed by atoms with Gasteiger partial charge in [0.2, 0.25) is 5.70 Å². The highest BCUT2D eigenvalue weighted by molar-refractivity contribution is 5.96. The van der Waals surface area contributed by atoms with Crippen LogP contribution in [0, 0.1) is 0 Å². The minimum absolute atomic E-state index is 0.171. The molecule has 1 aliphatic rings. The minimum atomic E-state index is -0.972. The van der Waals surface area contributed by atoms with E-state index in [0.717, 1.165) is 24.0 Å². The van der Waals surface area contributed by atoms with Crippen molar-refractivity contribution in [2.24, 2.45) is 10.7 Å². The van der Waals surface area contributed by atoms with Gasteiger partial charge in [0.1, 0.15) is 12.2 Å². The van der Waals surface area contributed by atoms with E-state index in [1.54, 1.807) is 24.5 Å². The van der Waals surface area contributed by atoms with Crippen molar-refractivity contribution in [3.05, 3.63) is 71.1 Å². The number of nitrogens with zero attached hydrogens (tertiary/aromatic N) is 2. The van der Waals surface area contributed by atoms with Gasteiger partial charge in [-0.05, 0) is 23.6 Å². The van der Waals surface area contributed by atoms with Gasteiger partial charge < -0.3 is 15.9 Å². The number of carboxylic acids is 1. The number of aromatic carboxylic acids is 1. The summed E-state index contributed by atoms with van der Waals surface area (Å²) in [7, 11) is 0. The Bertz CT molecular complexity index is 1010. The molecule has 0 bridgehead atoms. The number of aliphatic hydroxyl groups excluding tert-OH is 1. The Kier molecular flexibility index (Phi) is 6.44. The van der Waals surface area contributed by atoms with E-state index in [9.17, 15) is 19.8 Å². The van der Waals surface area contributed by atoms with Crippen LogP contribution in [-0.2, 0) is 11.3 Å². The van der Waals surface area contributed by atoms with Crippen molar-refractivity contribution >= 4 is 18.2 Å². The molecule has 0 radical (unpaired) electrons. The molecule has 0 saturated carbocycles. The largest absolute Gasteiger partial charge is 0.478 e. The summed E-state index contributed by atoms with van der Waals surface area (Å²) in [4.78, 5) is 28.0. The zero-order chi connectivity index (χ0) is 21.7. The standard InChI is InChI=1S/C23H25N3O4/c1-2-3-12-26(15-25-20(14-27)21(26)22(24)28)13-16-8-10-17(11-9-16)18-6-4-5-7-19(18)23(29)30/h4-11,15,27H,2-3,12-14H2,1H3,(H2-,24,28,29,30)/p+1. The molecule has 1 heterocycles. The van der Waals surface area contributed by atoms with Crippen molar-refractivity contribution in [2.45, 2.75) is 26.3 Å². The van der Waals surface area contributed by atoms with E-state index in [1.807, 2.05) is 30.3 Å². The highest BCUT2D eigenvalue weighted by atomic mass is 16.4. The molecule has 2 aromatic carbocycles. The van der Waals surface area contributed by atoms with Crippen LogP contribution in [0.2, 0.25) is 0 Å². The Morgan fingerprint density at radius 1 is 1.10 bits per heavy atom. The number of carbonyl (C=O) groups is 2. The van der Waals surface area contributed by atoms with Gasteiger partial charge in [-0.2, -0.15) is 4.99 Å². The molecule has 0 saturated heterocycles. The van der Waals surface area contributed by atoms with Gasteiger partial charge in [-0.25, -0.2) is 9.28 Å². The van der Waals surface area contributed by atoms with Crippen LogP contribution < -0.4 is 5.73 Å². The van der Waals surface area contributed by atoms with Gasteiger partial charge in [0.25, 0.3) is 0 Å². The fourth-order valence-electron chi connectivity index (χ4n) is 3.88. The highest BCUT2D eigenvalue weighted by Gasteiger charge is 2.41. The first-order valence-electron chi connectivity index (χ1n) is 9.90. The molecular weight excluding hydrogens is 382 g/mol. The van der Waals surface area contributed by atoms with Crippen LogP contribution in [0.4, 0.5) is 0 Å². The summed E-state index contributed by atoms with van der Waals surface area (Å²) >= 11 is 0. The molecule has 0 aliphatic carbocycles. The van der Waals surface area contributed by atoms with E-state index in [1.165, 1.54) is 0 Å². The second-order valence-electron chi connectivity index (χ2n) is 7.38. The van der Waals surface area contributed by atoms with E-state index >= 15 is 0 Å². The third-order valence-corrected chi connectivity index (χ3v) is 5.33. The molecule has 30 heavy (non-hydrogen) atoms. The Morgan fingerprint density at radius 3 is 2.40 bits per heavy atom. The second kappa shape index (κ2) is 9.02. The van der Waals surface area contributed by atoms with Crippen LogP contribution in [0.15, 0.2) is 64.9 Å². The molecule has 1 atom stereocenters. The number of carboxylic acid groups (broad SMARTS) is 1. The number of quaternary nitrogens is 1. The maximum Gasteiger partial charge on any atom is 0.336 e. The summed E-state index contributed by atoms with van der Waals surface area (Å²) in [6.45, 7) is 2.84. The smallest absolute Gasteiger partial charge is 0.336 e. The molecule has 1 aliphatic heterocycles. The molecule has 1 amide bonds. The number of benzene rings is 2. The first-order chi connectivity index (χ1) is 14.4. The Hall–Kier alpha value is -3.29. The van der Waals surface area contributed by atoms with Gasteiger partial charge in [0.05, 0.1) is 18.7 Å². The van der Waals surface area contributed by atoms with Crippen molar-refractivity contribution in [2.75, 3.05) is 13.2 Å². The zero-order valence-electron chi connectivity index (χ0n) is 16.9. The van der Waals surface area contributed by atoms with Crippen LogP contribution >= 0.6 is 0 Å². The number of aliphatic imine (C=N–C) groups is 1. The van der Waals surface area contributed by atoms with E-state index in [0.29, 0.717) is 30.0 Å². The average Bonchev–Trinajstić information content (AvgIpc) is 3.11. The Balaban J connectivity index is 1.94. The molecule has 0 spiro atoms. The number of unbranched alkanes of at least 4 members (excludes halogenated alkanes) is 1. The van der Waals surface area contributed by atoms with E-state index in [-0.39, 0.29) is 16.7 Å². The second-order valence-corrected chi connectivity index (χ2v) is 7.38. The number of nitrogens with two attached hydrogens (primary N) is 1. The van der Waals surface area contributed by atoms with Crippen molar-refractivity contribution in [3.63, 3.8) is 0 Å². The third kappa shape index (κ3) is 4.17. The number of primary amides is 1. The minimum Gasteiger partial charge on any atom is -0.478 e. The predicted octanol–water partition coefficient (Wildman–Crippen LogP) is 2.90. The van der Waals surface area contributed by atoms with Gasteiger partial charge in [-0.1, -0.05) is 55.8 Å². The van der Waals surface area contributed by atoms with E-state index < -0.39 is 11.9 Å². The Labute approximate surface area is 175 Å². The van der Waals surface area contributed by atoms with Crippen LogP contribution in [0.25, 0.3) is 11.1 Å². The van der Waals surface area contributed by atoms with Gasteiger partial charge in [0.15, 0.2) is 6.34 Å². The maximum atomic E-state index is 12.2. The average molecular weight is 408 g/mol. The topological polar surface area (TPSA) is 113 Å². The van der Waals surface area contributed by atoms with Crippen molar-refractivity contribution < 1.29 is 24.3 Å². The number of hydrogen-bond acceptors (Lipinski definition) is 4. The van der Waals surface area contributed by atoms with Gasteiger partial charge in [-0.15, -0.1) is 0 Å². The molecule has 3 rings (SSSR count). The summed E-state index contributed by atoms with van der Waals surface area (Å²) in [5.74, 6) is -1.56. The Morgan fingerprint density at radius 2 is 1.80 bits per heavy atom. The normalized spacial score (nSPS) is 18.1. The molecule has 2 aromatic rings. The van der Waals surface area contributed by atoms with Crippen LogP contribution in [0.1, 0.15) is 35.7 Å². The monoisotopic (exact) mass is 408 g/mol. The molecular formula is C23H26N3O4+. The summed E-state index contributed by atoms with van der Waals surface area (Å²) in [6.07, 6.45) is 3.50. The maximum absolute atomic E-state index is 12.2. The summed E-state index contributed by atoms with van der Waals surface area (Å²) in [6, 6.07) is 14.5. The summed E-state index contributed by atoms with van der Waals surface area (Å²) in [5.41, 5.74) is 8.93. The lowest BCUT2D eigenvalue weighted by molar-refractivity contribution is -0.803. The fourth-order valence-corrected chi connectivity index (χ4v) is 3.88. The van der Waals surface area contributed by atoms with Crippen LogP contribution in [0.5, 0.6) is 0 Å². The third-order valence-electron chi connectivity index (χ3n) is 5.33. The number of amides is 1. The van der Waals surface area contributed by atoms with Gasteiger partial charge >= 0.3 is 11.9 Å². The van der Waals surface area contributed by atoms with Crippen molar-refractivity contribution in [1.82, 2.24) is 0 Å². The van der Waals surface area contributed by atoms with Crippen LogP contribution in [-0.4, -0.2) is 46.1 Å². The molecule has 7 nitrogen and oxygen atoms in total. The van der Waals surface area contributed by atoms with E-state index in [4.69, 9.17) is 5.73 Å². The van der Waals surface area contributed by atoms with E-state index in [2.05, 4.69) is 11.9 Å². The number of carbonyl (C=O) groups excluding carboxylic acids is 1. The lowest BCUT2D eigenvalue weighted by Gasteiger charge is -2.31. The van der Waals surface area contributed by atoms with Crippen LogP contribution in [0.3, 0.4) is 0 Å². The number of aliphatic hydroxyl groups is 1. The summed E-state index contributed by atoms with van der Waals surface area (Å²) < 4.78 is 0.171. The number of rotatable bonds is 9. The predicted molar refractivity (Wildman–Crippen MR) is 114 cm³/mol. The lowest BCUT2D eigenvalue weighted by Crippen LogP contribution is -2.48. The quantitative estimate of drug-likeness (QED) is 0.554.